The standard InChI is InChI=1S/C29H35N3O/c1-22(2)31-28(33)29(14-17-32(18-15-29)21-26-11-5-4-9-23(26)3)19-24-10-6-7-13-27(24)25-12-8-16-30-20-25/h4-13,16,20,22H,14-15,17-19,21H2,1-3H3,(H,31,33). The van der Waals surface area contributed by atoms with Crippen LogP contribution in [0.5, 0.6) is 0 Å². The van der Waals surface area contributed by atoms with Crippen LogP contribution in [-0.2, 0) is 17.8 Å². The van der Waals surface area contributed by atoms with Gasteiger partial charge in [-0.2, -0.15) is 0 Å². The summed E-state index contributed by atoms with van der Waals surface area (Å²) < 4.78 is 0. The first-order valence-electron chi connectivity index (χ1n) is 12.0. The van der Waals surface area contributed by atoms with E-state index in [4.69, 9.17) is 0 Å². The maximum atomic E-state index is 13.6. The van der Waals surface area contributed by atoms with Crippen molar-refractivity contribution in [3.05, 3.63) is 89.7 Å². The quantitative estimate of drug-likeness (QED) is 0.533. The van der Waals surface area contributed by atoms with Crippen LogP contribution in [0.4, 0.5) is 0 Å². The van der Waals surface area contributed by atoms with E-state index in [9.17, 15) is 4.79 Å². The van der Waals surface area contributed by atoms with E-state index in [1.807, 2.05) is 26.1 Å². The van der Waals surface area contributed by atoms with Crippen molar-refractivity contribution in [1.82, 2.24) is 15.2 Å². The van der Waals surface area contributed by atoms with Gasteiger partial charge in [-0.15, -0.1) is 0 Å². The molecule has 0 unspecified atom stereocenters. The van der Waals surface area contributed by atoms with Crippen LogP contribution in [0, 0.1) is 12.3 Å². The van der Waals surface area contributed by atoms with E-state index in [0.29, 0.717) is 0 Å². The minimum absolute atomic E-state index is 0.132. The molecule has 1 saturated heterocycles. The second-order valence-corrected chi connectivity index (χ2v) is 9.69. The summed E-state index contributed by atoms with van der Waals surface area (Å²) in [7, 11) is 0. The van der Waals surface area contributed by atoms with Crippen LogP contribution in [0.25, 0.3) is 11.1 Å². The van der Waals surface area contributed by atoms with E-state index in [1.165, 1.54) is 22.3 Å². The zero-order valence-electron chi connectivity index (χ0n) is 20.1. The van der Waals surface area contributed by atoms with Gasteiger partial charge in [0.1, 0.15) is 0 Å². The van der Waals surface area contributed by atoms with Crippen molar-refractivity contribution >= 4 is 5.91 Å². The first-order valence-corrected chi connectivity index (χ1v) is 12.0. The molecular formula is C29H35N3O. The Labute approximate surface area is 198 Å². The molecule has 1 amide bonds. The number of hydrogen-bond donors (Lipinski definition) is 1. The summed E-state index contributed by atoms with van der Waals surface area (Å²) in [4.78, 5) is 20.4. The number of aromatic nitrogens is 1. The minimum atomic E-state index is -0.398. The van der Waals surface area contributed by atoms with E-state index in [1.54, 1.807) is 6.20 Å². The Kier molecular flexibility index (Phi) is 7.24. The maximum absolute atomic E-state index is 13.6. The SMILES string of the molecule is Cc1ccccc1CN1CCC(Cc2ccccc2-c2cccnc2)(C(=O)NC(C)C)CC1. The van der Waals surface area contributed by atoms with Crippen LogP contribution in [0.15, 0.2) is 73.1 Å². The number of nitrogens with zero attached hydrogens (tertiary/aromatic N) is 2. The zero-order chi connectivity index (χ0) is 23.3. The second-order valence-electron chi connectivity index (χ2n) is 9.69. The van der Waals surface area contributed by atoms with Crippen LogP contribution >= 0.6 is 0 Å². The highest BCUT2D eigenvalue weighted by atomic mass is 16.2. The van der Waals surface area contributed by atoms with E-state index in [-0.39, 0.29) is 11.9 Å². The summed E-state index contributed by atoms with van der Waals surface area (Å²) in [5.41, 5.74) is 5.80. The molecule has 3 aromatic rings. The normalized spacial score (nSPS) is 16.0. The van der Waals surface area contributed by atoms with Gasteiger partial charge in [-0.05, 0) is 81.4 Å². The van der Waals surface area contributed by atoms with Crippen molar-refractivity contribution < 1.29 is 4.79 Å². The number of piperidine rings is 1. The molecule has 2 aromatic carbocycles. The number of nitrogens with one attached hydrogen (secondary N) is 1. The third kappa shape index (κ3) is 5.51. The topological polar surface area (TPSA) is 45.2 Å². The molecule has 0 saturated carbocycles. The van der Waals surface area contributed by atoms with E-state index in [2.05, 4.69) is 76.7 Å². The molecule has 0 atom stereocenters. The number of rotatable bonds is 7. The summed E-state index contributed by atoms with van der Waals surface area (Å²) in [6, 6.07) is 21.3. The summed E-state index contributed by atoms with van der Waals surface area (Å²) in [5, 5.41) is 3.24. The summed E-state index contributed by atoms with van der Waals surface area (Å²) in [5.74, 6) is 0.189. The van der Waals surface area contributed by atoms with Crippen molar-refractivity contribution in [3.63, 3.8) is 0 Å². The Hall–Kier alpha value is -2.98. The lowest BCUT2D eigenvalue weighted by atomic mass is 9.71. The number of aryl methyl sites for hydroxylation is 1. The van der Waals surface area contributed by atoms with Gasteiger partial charge in [0.25, 0.3) is 0 Å². The largest absolute Gasteiger partial charge is 0.353 e. The van der Waals surface area contributed by atoms with Gasteiger partial charge in [0.15, 0.2) is 0 Å². The predicted molar refractivity (Wildman–Crippen MR) is 135 cm³/mol. The number of benzene rings is 2. The Morgan fingerprint density at radius 1 is 1.00 bits per heavy atom. The van der Waals surface area contributed by atoms with Gasteiger partial charge in [-0.1, -0.05) is 54.6 Å². The average Bonchev–Trinajstić information content (AvgIpc) is 2.82. The molecule has 1 N–H and O–H groups in total. The third-order valence-corrected chi connectivity index (χ3v) is 6.89. The monoisotopic (exact) mass is 441 g/mol. The van der Waals surface area contributed by atoms with Gasteiger partial charge in [0.05, 0.1) is 5.41 Å². The Morgan fingerprint density at radius 3 is 2.36 bits per heavy atom. The predicted octanol–water partition coefficient (Wildman–Crippen LogP) is 5.41. The molecule has 1 aromatic heterocycles. The first-order chi connectivity index (χ1) is 16.0. The summed E-state index contributed by atoms with van der Waals surface area (Å²) >= 11 is 0. The molecular weight excluding hydrogens is 406 g/mol. The van der Waals surface area contributed by atoms with Crippen LogP contribution in [0.2, 0.25) is 0 Å². The van der Waals surface area contributed by atoms with Gasteiger partial charge in [-0.3, -0.25) is 14.7 Å². The highest BCUT2D eigenvalue weighted by molar-refractivity contribution is 5.84. The smallest absolute Gasteiger partial charge is 0.226 e. The van der Waals surface area contributed by atoms with Gasteiger partial charge >= 0.3 is 0 Å². The molecule has 2 heterocycles. The van der Waals surface area contributed by atoms with E-state index in [0.717, 1.165) is 44.5 Å². The minimum Gasteiger partial charge on any atom is -0.353 e. The van der Waals surface area contributed by atoms with Crippen molar-refractivity contribution in [2.75, 3.05) is 13.1 Å². The molecule has 172 valence electrons. The molecule has 4 heteroatoms. The maximum Gasteiger partial charge on any atom is 0.226 e. The van der Waals surface area contributed by atoms with E-state index < -0.39 is 5.41 Å². The number of pyridine rings is 1. The van der Waals surface area contributed by atoms with Crippen molar-refractivity contribution in [2.24, 2.45) is 5.41 Å². The number of amides is 1. The van der Waals surface area contributed by atoms with Crippen LogP contribution in [-0.4, -0.2) is 34.9 Å². The average molecular weight is 442 g/mol. The molecule has 0 bridgehead atoms. The first kappa shape index (κ1) is 23.2. The second kappa shape index (κ2) is 10.3. The fourth-order valence-electron chi connectivity index (χ4n) is 4.91. The zero-order valence-corrected chi connectivity index (χ0v) is 20.1. The van der Waals surface area contributed by atoms with Crippen LogP contribution in [0.3, 0.4) is 0 Å². The molecule has 0 spiro atoms. The summed E-state index contributed by atoms with van der Waals surface area (Å²) in [6.07, 6.45) is 6.17. The van der Waals surface area contributed by atoms with Gasteiger partial charge in [0, 0.05) is 30.5 Å². The molecule has 33 heavy (non-hydrogen) atoms. The van der Waals surface area contributed by atoms with Gasteiger partial charge in [-0.25, -0.2) is 0 Å². The molecule has 4 rings (SSSR count). The summed E-state index contributed by atoms with van der Waals surface area (Å²) in [6.45, 7) is 9.06. The molecule has 0 aliphatic carbocycles. The van der Waals surface area contributed by atoms with Crippen LogP contribution in [0.1, 0.15) is 43.4 Å². The van der Waals surface area contributed by atoms with Crippen molar-refractivity contribution in [3.8, 4) is 11.1 Å². The molecule has 4 nitrogen and oxygen atoms in total. The van der Waals surface area contributed by atoms with Gasteiger partial charge in [0.2, 0.25) is 5.91 Å². The highest BCUT2D eigenvalue weighted by Crippen LogP contribution is 2.38. The fraction of sp³-hybridized carbons (Fsp3) is 0.379. The lowest BCUT2D eigenvalue weighted by Crippen LogP contribution is -2.51. The van der Waals surface area contributed by atoms with Crippen molar-refractivity contribution in [1.29, 1.82) is 0 Å². The van der Waals surface area contributed by atoms with Crippen molar-refractivity contribution in [2.45, 2.75) is 52.6 Å². The lowest BCUT2D eigenvalue weighted by molar-refractivity contribution is -0.134. The fourth-order valence-corrected chi connectivity index (χ4v) is 4.91. The Bertz CT molecular complexity index is 1070. The number of hydrogen-bond acceptors (Lipinski definition) is 3. The molecule has 1 aliphatic heterocycles. The Balaban J connectivity index is 1.57. The van der Waals surface area contributed by atoms with E-state index >= 15 is 0 Å². The Morgan fingerprint density at radius 2 is 1.70 bits per heavy atom. The highest BCUT2D eigenvalue weighted by Gasteiger charge is 2.42. The lowest BCUT2D eigenvalue weighted by Gasteiger charge is -2.41. The molecule has 1 fully saturated rings. The number of carbonyl (C=O) groups is 1. The molecule has 0 radical (unpaired) electrons. The molecule has 1 aliphatic rings. The number of likely N-dealkylation sites (tertiary alicyclic amines) is 1. The number of carbonyl (C=O) groups excluding carboxylic acids is 1. The van der Waals surface area contributed by atoms with Gasteiger partial charge < -0.3 is 5.32 Å². The third-order valence-electron chi connectivity index (χ3n) is 6.89. The van der Waals surface area contributed by atoms with Crippen LogP contribution < -0.4 is 5.32 Å².